The van der Waals surface area contributed by atoms with Gasteiger partial charge in [-0.3, -0.25) is 4.57 Å². The predicted octanol–water partition coefficient (Wildman–Crippen LogP) is -1.07. The average Bonchev–Trinajstić information content (AvgIpc) is 1.33. The van der Waals surface area contributed by atoms with Gasteiger partial charge in [-0.1, -0.05) is 0 Å². The van der Waals surface area contributed by atoms with E-state index in [0.29, 0.717) is 0 Å². The fraction of sp³-hybridized carbons (Fsp3) is 0. The summed E-state index contributed by atoms with van der Waals surface area (Å²) in [6.07, 6.45) is 0. The fourth-order valence-electron chi connectivity index (χ4n) is 0. The third-order valence-electron chi connectivity index (χ3n) is 0. The van der Waals surface area contributed by atoms with E-state index in [-0.39, 0.29) is 27.3 Å². The van der Waals surface area contributed by atoms with Crippen LogP contribution in [-0.4, -0.2) is 32.4 Å². The first kappa shape index (κ1) is 15.7. The van der Waals surface area contributed by atoms with Crippen LogP contribution < -0.4 is 4.89 Å². The molecular weight excluding hydrogens is 332 g/mol. The van der Waals surface area contributed by atoms with E-state index in [1.165, 1.54) is 0 Å². The van der Waals surface area contributed by atoms with E-state index < -0.39 is 13.8 Å². The molecule has 0 atom stereocenters. The summed E-state index contributed by atoms with van der Waals surface area (Å²) in [5.41, 5.74) is 0. The van der Waals surface area contributed by atoms with Gasteiger partial charge in [-0.15, -0.1) is 0 Å². The standard InChI is InChI=1S/NO3.HO2P.Pb/c2-1(3)4;1-3-2;/h;(H,1,2);/q-1;;/p-1. The molecule has 0 N–H and O–H groups in total. The first-order valence-electron chi connectivity index (χ1n) is 0.913. The minimum absolute atomic E-state index is 0. The Morgan fingerprint density at radius 1 is 1.38 bits per heavy atom. The van der Waals surface area contributed by atoms with Crippen LogP contribution >= 0.6 is 8.69 Å². The molecule has 6 nitrogen and oxygen atoms in total. The largest absolute Gasteiger partial charge is 0.772 e. The second-order valence-corrected chi connectivity index (χ2v) is 0.447. The fourth-order valence-corrected chi connectivity index (χ4v) is 0. The summed E-state index contributed by atoms with van der Waals surface area (Å²) in [4.78, 5) is 16.6. The van der Waals surface area contributed by atoms with Crippen molar-refractivity contribution in [2.45, 2.75) is 0 Å². The zero-order chi connectivity index (χ0) is 6.28. The summed E-state index contributed by atoms with van der Waals surface area (Å²) in [6.45, 7) is 0. The number of nitrogens with zero attached hydrogens (tertiary/aromatic N) is 1. The molecule has 0 aromatic carbocycles. The minimum atomic E-state index is -1.75. The zero-order valence-electron chi connectivity index (χ0n) is 3.44. The van der Waals surface area contributed by atoms with Crippen LogP contribution in [0.15, 0.2) is 0 Å². The van der Waals surface area contributed by atoms with Gasteiger partial charge in [-0.25, -0.2) is 0 Å². The van der Waals surface area contributed by atoms with Crippen LogP contribution in [0.25, 0.3) is 0 Å². The molecule has 0 rings (SSSR count). The van der Waals surface area contributed by atoms with Gasteiger partial charge >= 0.3 is 0 Å². The third-order valence-corrected chi connectivity index (χ3v) is 0. The summed E-state index contributed by atoms with van der Waals surface area (Å²) in [6, 6.07) is 0. The van der Waals surface area contributed by atoms with Crippen LogP contribution in [0.5, 0.6) is 0 Å². The maximum Gasteiger partial charge on any atom is 0.0689 e. The monoisotopic (exact) mass is 333 g/mol. The topological polar surface area (TPSA) is 106 Å². The number of hydrogen-bond donors (Lipinski definition) is 0. The van der Waals surface area contributed by atoms with Gasteiger partial charge in [0.2, 0.25) is 0 Å². The third kappa shape index (κ3) is 5010. The molecule has 0 bridgehead atoms. The molecule has 8 heteroatoms. The number of hydrogen-bond acceptors (Lipinski definition) is 5. The van der Waals surface area contributed by atoms with Gasteiger partial charge < -0.3 is 20.2 Å². The van der Waals surface area contributed by atoms with E-state index in [1.54, 1.807) is 0 Å². The van der Waals surface area contributed by atoms with E-state index >= 15 is 0 Å². The van der Waals surface area contributed by atoms with Gasteiger partial charge in [0.25, 0.3) is 0 Å². The Morgan fingerprint density at radius 2 is 1.38 bits per heavy atom. The molecule has 0 aliphatic carbocycles. The van der Waals surface area contributed by atoms with E-state index in [4.69, 9.17) is 24.8 Å². The summed E-state index contributed by atoms with van der Waals surface area (Å²) in [7, 11) is -1.08. The van der Waals surface area contributed by atoms with Gasteiger partial charge in [0.05, 0.1) is 13.8 Å². The van der Waals surface area contributed by atoms with Crippen molar-refractivity contribution >= 4 is 36.0 Å². The quantitative estimate of drug-likeness (QED) is 0.243. The van der Waals surface area contributed by atoms with Crippen molar-refractivity contribution < 1.29 is 14.5 Å². The molecular formula is NO5PPb-2. The molecule has 0 heterocycles. The Morgan fingerprint density at radius 3 is 1.38 bits per heavy atom. The van der Waals surface area contributed by atoms with Gasteiger partial charge in [0.15, 0.2) is 0 Å². The van der Waals surface area contributed by atoms with Gasteiger partial charge in [0.1, 0.15) is 0 Å². The van der Waals surface area contributed by atoms with Crippen molar-refractivity contribution in [3.63, 3.8) is 0 Å². The molecule has 0 amide bonds. The van der Waals surface area contributed by atoms with Gasteiger partial charge in [-0.05, 0) is 0 Å². The number of rotatable bonds is 0. The normalized spacial score (nSPS) is 5.62. The van der Waals surface area contributed by atoms with Crippen LogP contribution in [-0.2, 0) is 4.57 Å². The van der Waals surface area contributed by atoms with Crippen LogP contribution in [0.2, 0.25) is 0 Å². The Kier molecular flexibility index (Phi) is 30.8. The van der Waals surface area contributed by atoms with Crippen molar-refractivity contribution in [1.82, 2.24) is 0 Å². The SMILES string of the molecule is O=P[O-].O=[N+]([O-])[O-].[Pb]. The molecule has 46 valence electrons. The molecule has 0 saturated carbocycles. The van der Waals surface area contributed by atoms with Crippen molar-refractivity contribution in [1.29, 1.82) is 0 Å². The van der Waals surface area contributed by atoms with Crippen molar-refractivity contribution in [2.24, 2.45) is 0 Å². The molecule has 0 fully saturated rings. The molecule has 0 aromatic heterocycles. The zero-order valence-corrected chi connectivity index (χ0v) is 8.22. The summed E-state index contributed by atoms with van der Waals surface area (Å²) >= 11 is 0. The molecule has 8 heavy (non-hydrogen) atoms. The molecule has 0 unspecified atom stereocenters. The van der Waals surface area contributed by atoms with E-state index in [0.717, 1.165) is 0 Å². The van der Waals surface area contributed by atoms with Crippen molar-refractivity contribution in [3.05, 3.63) is 15.3 Å². The molecule has 0 aromatic rings. The van der Waals surface area contributed by atoms with Crippen LogP contribution in [0.3, 0.4) is 0 Å². The van der Waals surface area contributed by atoms with Gasteiger partial charge in [-0.2, -0.15) is 0 Å². The maximum atomic E-state index is 8.35. The maximum absolute atomic E-state index is 8.35. The summed E-state index contributed by atoms with van der Waals surface area (Å²) < 4.78 is 8.35. The Labute approximate surface area is 66.1 Å². The Hall–Kier alpha value is 0.182. The second kappa shape index (κ2) is 15.7. The Bertz CT molecular complexity index is 59.4. The van der Waals surface area contributed by atoms with Crippen molar-refractivity contribution in [2.75, 3.05) is 0 Å². The van der Waals surface area contributed by atoms with Crippen LogP contribution in [0.1, 0.15) is 0 Å². The van der Waals surface area contributed by atoms with E-state index in [1.807, 2.05) is 0 Å². The second-order valence-electron chi connectivity index (χ2n) is 0.298. The molecule has 0 aliphatic heterocycles. The molecule has 0 spiro atoms. The van der Waals surface area contributed by atoms with Crippen molar-refractivity contribution in [3.8, 4) is 0 Å². The van der Waals surface area contributed by atoms with Gasteiger partial charge in [0, 0.05) is 27.3 Å². The predicted molar refractivity (Wildman–Crippen MR) is 23.7 cm³/mol. The molecule has 0 saturated heterocycles. The van der Waals surface area contributed by atoms with Crippen LogP contribution in [0.4, 0.5) is 0 Å². The summed E-state index contributed by atoms with van der Waals surface area (Å²) in [5, 5.41) is 14.8. The molecule has 4 radical (unpaired) electrons. The molecule has 0 aliphatic rings. The smallest absolute Gasteiger partial charge is 0.0689 e. The Balaban J connectivity index is -0.0000000575. The summed E-state index contributed by atoms with van der Waals surface area (Å²) in [5.74, 6) is 0. The van der Waals surface area contributed by atoms with E-state index in [9.17, 15) is 0 Å². The minimum Gasteiger partial charge on any atom is -0.772 e. The first-order chi connectivity index (χ1) is 3.15. The average molecular weight is 332 g/mol. The van der Waals surface area contributed by atoms with Crippen LogP contribution in [0, 0.1) is 15.3 Å². The van der Waals surface area contributed by atoms with E-state index in [2.05, 4.69) is 0 Å². The first-order valence-corrected chi connectivity index (χ1v) is 1.64.